The first-order valence-electron chi connectivity index (χ1n) is 7.54. The van der Waals surface area contributed by atoms with E-state index in [1.54, 1.807) is 0 Å². The summed E-state index contributed by atoms with van der Waals surface area (Å²) in [7, 11) is 0. The van der Waals surface area contributed by atoms with Crippen LogP contribution in [0.3, 0.4) is 0 Å². The van der Waals surface area contributed by atoms with Crippen LogP contribution in [0.25, 0.3) is 0 Å². The third-order valence-corrected chi connectivity index (χ3v) is 3.65. The predicted octanol–water partition coefficient (Wildman–Crippen LogP) is 2.78. The molecular weight excluding hydrogens is 222 g/mol. The Morgan fingerprint density at radius 2 is 1.94 bits per heavy atom. The summed E-state index contributed by atoms with van der Waals surface area (Å²) in [4.78, 5) is 2.55. The summed E-state index contributed by atoms with van der Waals surface area (Å²) >= 11 is 0. The van der Waals surface area contributed by atoms with Crippen molar-refractivity contribution in [3.8, 4) is 6.07 Å². The van der Waals surface area contributed by atoms with Gasteiger partial charge in [0.05, 0.1) is 6.07 Å². The Bertz CT molecular complexity index is 251. The number of nitriles is 1. The second-order valence-electron chi connectivity index (χ2n) is 5.92. The van der Waals surface area contributed by atoms with Gasteiger partial charge in [-0.1, -0.05) is 33.6 Å². The van der Waals surface area contributed by atoms with Gasteiger partial charge in [-0.15, -0.1) is 0 Å². The molecular formula is C15H29N3. The minimum Gasteiger partial charge on any atom is -0.301 e. The summed E-state index contributed by atoms with van der Waals surface area (Å²) in [6, 6.07) is 3.12. The Morgan fingerprint density at radius 1 is 1.28 bits per heavy atom. The third kappa shape index (κ3) is 5.37. The topological polar surface area (TPSA) is 39.1 Å². The zero-order chi connectivity index (χ0) is 13.4. The summed E-state index contributed by atoms with van der Waals surface area (Å²) in [5.41, 5.74) is 0. The number of hydrogen-bond donors (Lipinski definition) is 1. The van der Waals surface area contributed by atoms with Crippen LogP contribution in [-0.2, 0) is 0 Å². The smallest absolute Gasteiger partial charge is 0.108 e. The first-order chi connectivity index (χ1) is 8.67. The molecule has 1 unspecified atom stereocenters. The number of nitrogens with zero attached hydrogens (tertiary/aromatic N) is 2. The van der Waals surface area contributed by atoms with Crippen LogP contribution in [-0.4, -0.2) is 36.6 Å². The number of rotatable bonds is 8. The summed E-state index contributed by atoms with van der Waals surface area (Å²) < 4.78 is 0. The molecule has 0 bridgehead atoms. The normalized spacial score (nSPS) is 18.4. The van der Waals surface area contributed by atoms with Gasteiger partial charge in [0.2, 0.25) is 0 Å². The minimum atomic E-state index is -0.00991. The second kappa shape index (κ2) is 8.50. The van der Waals surface area contributed by atoms with Crippen molar-refractivity contribution in [3.05, 3.63) is 0 Å². The molecule has 104 valence electrons. The Morgan fingerprint density at radius 3 is 2.44 bits per heavy atom. The van der Waals surface area contributed by atoms with Crippen LogP contribution >= 0.6 is 0 Å². The van der Waals surface area contributed by atoms with Crippen LogP contribution in [0.15, 0.2) is 0 Å². The summed E-state index contributed by atoms with van der Waals surface area (Å²) in [5.74, 6) is 0.677. The van der Waals surface area contributed by atoms with Crippen molar-refractivity contribution >= 4 is 0 Å². The molecule has 0 aromatic heterocycles. The highest BCUT2D eigenvalue weighted by Gasteiger charge is 2.25. The van der Waals surface area contributed by atoms with E-state index in [1.807, 2.05) is 0 Å². The van der Waals surface area contributed by atoms with Crippen LogP contribution in [0.4, 0.5) is 0 Å². The lowest BCUT2D eigenvalue weighted by molar-refractivity contribution is 0.168. The predicted molar refractivity (Wildman–Crippen MR) is 76.4 cm³/mol. The molecule has 0 aliphatic heterocycles. The summed E-state index contributed by atoms with van der Waals surface area (Å²) in [6.45, 7) is 9.63. The molecule has 0 spiro atoms. The second-order valence-corrected chi connectivity index (χ2v) is 5.92. The summed E-state index contributed by atoms with van der Waals surface area (Å²) in [5, 5.41) is 12.6. The first-order valence-corrected chi connectivity index (χ1v) is 7.54. The molecule has 3 heteroatoms. The van der Waals surface area contributed by atoms with Gasteiger partial charge in [0.1, 0.15) is 6.04 Å². The van der Waals surface area contributed by atoms with Crippen molar-refractivity contribution in [2.24, 2.45) is 5.92 Å². The molecule has 0 heterocycles. The van der Waals surface area contributed by atoms with Crippen LogP contribution in [0.2, 0.25) is 0 Å². The van der Waals surface area contributed by atoms with Gasteiger partial charge in [0.25, 0.3) is 0 Å². The fourth-order valence-corrected chi connectivity index (χ4v) is 2.82. The van der Waals surface area contributed by atoms with Gasteiger partial charge in [0, 0.05) is 19.1 Å². The molecule has 0 saturated heterocycles. The van der Waals surface area contributed by atoms with E-state index in [1.165, 1.54) is 25.7 Å². The SMILES string of the molecule is CCCNC(C#N)CN(CC(C)C)C1CCCC1. The highest BCUT2D eigenvalue weighted by atomic mass is 15.2. The fraction of sp³-hybridized carbons (Fsp3) is 0.933. The maximum absolute atomic E-state index is 9.24. The van der Waals surface area contributed by atoms with Crippen LogP contribution in [0, 0.1) is 17.2 Å². The fourth-order valence-electron chi connectivity index (χ4n) is 2.82. The highest BCUT2D eigenvalue weighted by Crippen LogP contribution is 2.24. The Hall–Kier alpha value is -0.590. The van der Waals surface area contributed by atoms with Crippen LogP contribution in [0.1, 0.15) is 52.9 Å². The van der Waals surface area contributed by atoms with Gasteiger partial charge >= 0.3 is 0 Å². The summed E-state index contributed by atoms with van der Waals surface area (Å²) in [6.07, 6.45) is 6.45. The minimum absolute atomic E-state index is 0.00991. The molecule has 1 rings (SSSR count). The van der Waals surface area contributed by atoms with Gasteiger partial charge in [-0.3, -0.25) is 4.90 Å². The van der Waals surface area contributed by atoms with Crippen LogP contribution < -0.4 is 5.32 Å². The lowest BCUT2D eigenvalue weighted by Crippen LogP contribution is -2.45. The van der Waals surface area contributed by atoms with Gasteiger partial charge in [-0.2, -0.15) is 5.26 Å². The van der Waals surface area contributed by atoms with Crippen molar-refractivity contribution in [2.75, 3.05) is 19.6 Å². The van der Waals surface area contributed by atoms with Gasteiger partial charge in [-0.05, 0) is 31.7 Å². The van der Waals surface area contributed by atoms with Crippen molar-refractivity contribution in [1.29, 1.82) is 5.26 Å². The van der Waals surface area contributed by atoms with E-state index in [2.05, 4.69) is 37.1 Å². The van der Waals surface area contributed by atoms with E-state index in [0.29, 0.717) is 12.0 Å². The largest absolute Gasteiger partial charge is 0.301 e. The van der Waals surface area contributed by atoms with E-state index in [-0.39, 0.29) is 6.04 Å². The van der Waals surface area contributed by atoms with Gasteiger partial charge in [-0.25, -0.2) is 0 Å². The standard InChI is InChI=1S/C15H29N3/c1-4-9-17-14(10-16)12-18(11-13(2)3)15-7-5-6-8-15/h13-15,17H,4-9,11-12H2,1-3H3. The van der Waals surface area contributed by atoms with Crippen LogP contribution in [0.5, 0.6) is 0 Å². The van der Waals surface area contributed by atoms with Gasteiger partial charge < -0.3 is 5.32 Å². The molecule has 0 amide bonds. The Kier molecular flexibility index (Phi) is 7.31. The molecule has 1 atom stereocenters. The van der Waals surface area contributed by atoms with Crippen molar-refractivity contribution in [2.45, 2.75) is 65.0 Å². The number of hydrogen-bond acceptors (Lipinski definition) is 3. The highest BCUT2D eigenvalue weighted by molar-refractivity contribution is 4.94. The molecule has 0 aromatic carbocycles. The molecule has 0 radical (unpaired) electrons. The van der Waals surface area contributed by atoms with Crippen molar-refractivity contribution in [3.63, 3.8) is 0 Å². The lowest BCUT2D eigenvalue weighted by atomic mass is 10.1. The zero-order valence-electron chi connectivity index (χ0n) is 12.3. The van der Waals surface area contributed by atoms with E-state index in [4.69, 9.17) is 0 Å². The van der Waals surface area contributed by atoms with E-state index in [0.717, 1.165) is 26.1 Å². The maximum Gasteiger partial charge on any atom is 0.108 e. The maximum atomic E-state index is 9.24. The monoisotopic (exact) mass is 251 g/mol. The average molecular weight is 251 g/mol. The van der Waals surface area contributed by atoms with Gasteiger partial charge in [0.15, 0.2) is 0 Å². The lowest BCUT2D eigenvalue weighted by Gasteiger charge is -2.32. The molecule has 1 N–H and O–H groups in total. The zero-order valence-corrected chi connectivity index (χ0v) is 12.3. The molecule has 1 fully saturated rings. The third-order valence-electron chi connectivity index (χ3n) is 3.65. The number of nitrogens with one attached hydrogen (secondary N) is 1. The van der Waals surface area contributed by atoms with E-state index < -0.39 is 0 Å². The molecule has 1 aliphatic rings. The first kappa shape index (κ1) is 15.5. The molecule has 1 saturated carbocycles. The van der Waals surface area contributed by atoms with Crippen molar-refractivity contribution < 1.29 is 0 Å². The van der Waals surface area contributed by atoms with E-state index >= 15 is 0 Å². The Balaban J connectivity index is 2.50. The molecule has 18 heavy (non-hydrogen) atoms. The van der Waals surface area contributed by atoms with E-state index in [9.17, 15) is 5.26 Å². The molecule has 3 nitrogen and oxygen atoms in total. The van der Waals surface area contributed by atoms with Crippen molar-refractivity contribution in [1.82, 2.24) is 10.2 Å². The Labute approximate surface area is 113 Å². The molecule has 1 aliphatic carbocycles. The quantitative estimate of drug-likeness (QED) is 0.721. The molecule has 0 aromatic rings. The average Bonchev–Trinajstić information content (AvgIpc) is 2.86.